The van der Waals surface area contributed by atoms with E-state index in [9.17, 15) is 0 Å². The van der Waals surface area contributed by atoms with Crippen molar-refractivity contribution in [3.8, 4) is 16.8 Å². The fourth-order valence-electron chi connectivity index (χ4n) is 10.5. The van der Waals surface area contributed by atoms with Gasteiger partial charge in [-0.15, -0.1) is 0 Å². The number of nitrogens with zero attached hydrogens (tertiary/aromatic N) is 2. The molecule has 2 heteroatoms. The predicted octanol–water partition coefficient (Wildman–Crippen LogP) is 12.1. The molecule has 2 aliphatic rings. The Hall–Kier alpha value is -7.55. The van der Waals surface area contributed by atoms with Crippen LogP contribution in [0.2, 0.25) is 0 Å². The molecule has 1 unspecified atom stereocenters. The first-order valence-corrected chi connectivity index (χ1v) is 20.2. The van der Waals surface area contributed by atoms with Gasteiger partial charge in [0.15, 0.2) is 0 Å². The highest BCUT2D eigenvalue weighted by atomic mass is 15.0. The number of hydrogen-bond acceptors (Lipinski definition) is 1. The lowest BCUT2D eigenvalue weighted by atomic mass is 9.90. The number of rotatable bonds is 3. The van der Waals surface area contributed by atoms with E-state index in [1.54, 1.807) is 0 Å². The molecule has 266 valence electrons. The lowest BCUT2D eigenvalue weighted by Gasteiger charge is -2.21. The summed E-state index contributed by atoms with van der Waals surface area (Å²) in [5, 5.41) is 20.5. The number of aromatic nitrogens is 2. The van der Waals surface area contributed by atoms with Crippen molar-refractivity contribution in [1.29, 1.82) is 0 Å². The monoisotopic (exact) mass is 732 g/mol. The van der Waals surface area contributed by atoms with Gasteiger partial charge in [-0.05, 0) is 130 Å². The van der Waals surface area contributed by atoms with Crippen molar-refractivity contribution in [3.05, 3.63) is 191 Å². The first-order valence-electron chi connectivity index (χ1n) is 20.2. The van der Waals surface area contributed by atoms with Crippen LogP contribution in [-0.4, -0.2) is 9.55 Å². The number of allylic oxidation sites excluding steroid dienone is 1. The Balaban J connectivity index is 0.875. The van der Waals surface area contributed by atoms with Crippen LogP contribution in [-0.2, 0) is 0 Å². The predicted molar refractivity (Wildman–Crippen MR) is 246 cm³/mol. The zero-order valence-corrected chi connectivity index (χ0v) is 31.4. The fourth-order valence-corrected chi connectivity index (χ4v) is 10.5. The van der Waals surface area contributed by atoms with Crippen molar-refractivity contribution in [2.75, 3.05) is 0 Å². The fraction of sp³-hybridized carbons (Fsp3) is 0.0179. The summed E-state index contributed by atoms with van der Waals surface area (Å²) < 4.78 is 2.48. The van der Waals surface area contributed by atoms with Gasteiger partial charge in [-0.1, -0.05) is 140 Å². The minimum Gasteiger partial charge on any atom is -0.309 e. The molecule has 14 rings (SSSR count). The Labute approximate surface area is 332 Å². The van der Waals surface area contributed by atoms with Gasteiger partial charge in [-0.3, -0.25) is 0 Å². The Morgan fingerprint density at radius 2 is 1.10 bits per heavy atom. The zero-order valence-electron chi connectivity index (χ0n) is 31.4. The summed E-state index contributed by atoms with van der Waals surface area (Å²) in [6, 6.07) is 59.0. The van der Waals surface area contributed by atoms with Crippen LogP contribution in [0.3, 0.4) is 0 Å². The van der Waals surface area contributed by atoms with Crippen LogP contribution in [0.4, 0.5) is 0 Å². The highest BCUT2D eigenvalue weighted by Gasteiger charge is 2.20. The molecule has 2 heterocycles. The Morgan fingerprint density at radius 1 is 0.448 bits per heavy atom. The third-order valence-corrected chi connectivity index (χ3v) is 13.3. The summed E-state index contributed by atoms with van der Waals surface area (Å²) in [5.41, 5.74) is 9.57. The largest absolute Gasteiger partial charge is 0.309 e. The van der Waals surface area contributed by atoms with Gasteiger partial charge in [0.25, 0.3) is 0 Å². The highest BCUT2D eigenvalue weighted by molar-refractivity contribution is 6.32. The molecule has 0 aliphatic heterocycles. The lowest BCUT2D eigenvalue weighted by molar-refractivity contribution is 1.11. The van der Waals surface area contributed by atoms with Crippen molar-refractivity contribution in [1.82, 2.24) is 9.55 Å². The third kappa shape index (κ3) is 4.08. The summed E-state index contributed by atoms with van der Waals surface area (Å²) >= 11 is 0. The number of pyridine rings is 2. The van der Waals surface area contributed by atoms with E-state index in [1.165, 1.54) is 114 Å². The topological polar surface area (TPSA) is 17.8 Å². The maximum atomic E-state index is 5.20. The molecule has 0 radical (unpaired) electrons. The van der Waals surface area contributed by atoms with Crippen LogP contribution in [0, 0.1) is 0 Å². The van der Waals surface area contributed by atoms with Crippen molar-refractivity contribution >= 4 is 111 Å². The second-order valence-electron chi connectivity index (χ2n) is 16.3. The summed E-state index contributed by atoms with van der Waals surface area (Å²) in [7, 11) is 0. The number of fused-ring (bicyclic) bond motifs is 7. The van der Waals surface area contributed by atoms with Gasteiger partial charge in [0.05, 0.1) is 21.9 Å². The molecule has 2 nitrogen and oxygen atoms in total. The van der Waals surface area contributed by atoms with Crippen molar-refractivity contribution in [2.24, 2.45) is 0 Å². The third-order valence-electron chi connectivity index (χ3n) is 13.3. The molecular formula is C56H32N2. The minimum atomic E-state index is 0.165. The van der Waals surface area contributed by atoms with Gasteiger partial charge >= 0.3 is 0 Å². The Kier molecular flexibility index (Phi) is 5.84. The quantitative estimate of drug-likeness (QED) is 0.131. The zero-order chi connectivity index (χ0) is 37.6. The maximum Gasteiger partial charge on any atom is 0.0722 e. The van der Waals surface area contributed by atoms with Gasteiger partial charge in [-0.2, -0.15) is 0 Å². The summed E-state index contributed by atoms with van der Waals surface area (Å²) in [6.45, 7) is 0. The molecule has 0 N–H and O–H groups in total. The molecule has 1 atom stereocenters. The molecule has 58 heavy (non-hydrogen) atoms. The average Bonchev–Trinajstić information content (AvgIpc) is 3.92. The first kappa shape index (κ1) is 30.6. The van der Waals surface area contributed by atoms with Crippen LogP contribution in [0.1, 0.15) is 17.0 Å². The van der Waals surface area contributed by atoms with Crippen LogP contribution in [0.25, 0.3) is 128 Å². The summed E-state index contributed by atoms with van der Waals surface area (Å²) in [4.78, 5) is 5.20. The van der Waals surface area contributed by atoms with Crippen LogP contribution in [0.15, 0.2) is 164 Å². The molecule has 12 aromatic rings. The van der Waals surface area contributed by atoms with Crippen molar-refractivity contribution in [3.63, 3.8) is 0 Å². The van der Waals surface area contributed by atoms with E-state index in [0.717, 1.165) is 16.6 Å². The van der Waals surface area contributed by atoms with E-state index in [4.69, 9.17) is 4.98 Å². The molecule has 0 bridgehead atoms. The number of hydrogen-bond donors (Lipinski definition) is 0. The van der Waals surface area contributed by atoms with Crippen LogP contribution in [0.5, 0.6) is 0 Å². The van der Waals surface area contributed by atoms with Crippen LogP contribution >= 0.6 is 0 Å². The van der Waals surface area contributed by atoms with Gasteiger partial charge in [0, 0.05) is 33.3 Å². The normalized spacial score (nSPS) is 14.7. The van der Waals surface area contributed by atoms with E-state index >= 15 is 0 Å². The van der Waals surface area contributed by atoms with Gasteiger partial charge < -0.3 is 4.57 Å². The first-order chi connectivity index (χ1) is 28.7. The lowest BCUT2D eigenvalue weighted by Crippen LogP contribution is -2.19. The van der Waals surface area contributed by atoms with Gasteiger partial charge in [0.2, 0.25) is 0 Å². The Bertz CT molecular complexity index is 3960. The van der Waals surface area contributed by atoms with E-state index in [0.29, 0.717) is 0 Å². The molecule has 0 fully saturated rings. The SMILES string of the molecule is C1=CC(c2ccc(-c3ccc(-n4c5ccc6cc7ccccc7cc6c5c5ccc6ccc7ccc4c5c67)cc3)cc2)C=c2nc3ccc4c5c(ccc(c21)c35)=CC=4. The molecular weight excluding hydrogens is 701 g/mol. The van der Waals surface area contributed by atoms with Crippen molar-refractivity contribution in [2.45, 2.75) is 5.92 Å². The molecule has 10 aromatic carbocycles. The van der Waals surface area contributed by atoms with E-state index in [2.05, 4.69) is 193 Å². The Morgan fingerprint density at radius 3 is 1.90 bits per heavy atom. The second-order valence-corrected chi connectivity index (χ2v) is 16.3. The van der Waals surface area contributed by atoms with E-state index < -0.39 is 0 Å². The minimum absolute atomic E-state index is 0.165. The van der Waals surface area contributed by atoms with E-state index in [-0.39, 0.29) is 5.92 Å². The molecule has 0 saturated carbocycles. The standard InChI is InChI=1S/C56H32N2/c1-2-4-40-30-47-42(29-39(40)3-1)20-28-50-54(47)46-25-16-36-10-12-38-19-27-51(56(46)53(36)38)58(50)43-21-13-33(14-22-43)32-5-7-34(8-6-32)41-17-23-44-45-24-15-35-9-11-37-18-26-48(55(45)52(35)37)57-49(44)31-41/h1-31,41H. The molecule has 0 amide bonds. The molecule has 2 aromatic heterocycles. The summed E-state index contributed by atoms with van der Waals surface area (Å²) in [6.07, 6.45) is 11.4. The van der Waals surface area contributed by atoms with Crippen LogP contribution < -0.4 is 15.8 Å². The number of benzene rings is 9. The van der Waals surface area contributed by atoms with Crippen molar-refractivity contribution < 1.29 is 0 Å². The van der Waals surface area contributed by atoms with Gasteiger partial charge in [-0.25, -0.2) is 4.98 Å². The second kappa shape index (κ2) is 11.1. The molecule has 2 aliphatic carbocycles. The molecule has 0 spiro atoms. The average molecular weight is 733 g/mol. The molecule has 0 saturated heterocycles. The van der Waals surface area contributed by atoms with E-state index in [1.807, 2.05) is 0 Å². The highest BCUT2D eigenvalue weighted by Crippen LogP contribution is 2.43. The maximum absolute atomic E-state index is 5.20. The smallest absolute Gasteiger partial charge is 0.0722 e. The summed E-state index contributed by atoms with van der Waals surface area (Å²) in [5.74, 6) is 0.165. The van der Waals surface area contributed by atoms with Gasteiger partial charge in [0.1, 0.15) is 0 Å².